The molecular formula is C9H8N2Sc. The first-order chi connectivity index (χ1) is 5.95. The molecule has 1 aromatic heterocycles. The van der Waals surface area contributed by atoms with Crippen LogP contribution in [-0.2, 0) is 22.9 Å². The second-order valence-corrected chi connectivity index (χ2v) is 4.88. The molecule has 1 heterocycles. The van der Waals surface area contributed by atoms with Gasteiger partial charge >= 0.3 is 82.5 Å². The first-order valence-corrected chi connectivity index (χ1v) is 5.64. The number of aromatic nitrogens is 2. The van der Waals surface area contributed by atoms with Crippen LogP contribution in [0, 0.1) is 0 Å². The number of imidazole rings is 1. The van der Waals surface area contributed by atoms with Gasteiger partial charge in [0.15, 0.2) is 0 Å². The van der Waals surface area contributed by atoms with Crippen molar-refractivity contribution in [2.75, 3.05) is 0 Å². The monoisotopic (exact) mass is 189 g/mol. The van der Waals surface area contributed by atoms with Crippen LogP contribution in [0.1, 0.15) is 0 Å². The van der Waals surface area contributed by atoms with E-state index in [9.17, 15) is 0 Å². The van der Waals surface area contributed by atoms with Crippen molar-refractivity contribution in [1.29, 1.82) is 0 Å². The van der Waals surface area contributed by atoms with Crippen LogP contribution >= 0.6 is 0 Å². The van der Waals surface area contributed by atoms with Gasteiger partial charge in [0.05, 0.1) is 0 Å². The summed E-state index contributed by atoms with van der Waals surface area (Å²) in [5, 5.41) is 0. The molecule has 0 atom stereocenters. The fourth-order valence-corrected chi connectivity index (χ4v) is 2.74. The molecule has 0 saturated carbocycles. The summed E-state index contributed by atoms with van der Waals surface area (Å²) in [6.07, 6.45) is 3.70. The van der Waals surface area contributed by atoms with E-state index in [0.29, 0.717) is 0 Å². The quantitative estimate of drug-likeness (QED) is 0.729. The number of aromatic amines is 1. The minimum absolute atomic E-state index is 0.514. The van der Waals surface area contributed by atoms with Gasteiger partial charge in [-0.1, -0.05) is 0 Å². The Morgan fingerprint density at radius 1 is 1.17 bits per heavy atom. The number of benzene rings is 1. The molecule has 2 rings (SSSR count). The Kier molecular flexibility index (Phi) is 2.51. The fraction of sp³-hybridized carbons (Fsp3) is 0. The predicted molar refractivity (Wildman–Crippen MR) is 44.3 cm³/mol. The van der Waals surface area contributed by atoms with E-state index in [1.807, 2.05) is 18.5 Å². The summed E-state index contributed by atoms with van der Waals surface area (Å²) in [7, 11) is 0. The predicted octanol–water partition coefficient (Wildman–Crippen LogP) is 0.443. The van der Waals surface area contributed by atoms with Gasteiger partial charge in [-0.25, -0.2) is 0 Å². The zero-order valence-electron chi connectivity index (χ0n) is 6.57. The average Bonchev–Trinajstić information content (AvgIpc) is 2.59. The molecule has 0 fully saturated rings. The van der Waals surface area contributed by atoms with E-state index >= 15 is 0 Å². The van der Waals surface area contributed by atoms with Crippen LogP contribution in [0.15, 0.2) is 42.7 Å². The molecule has 0 aliphatic rings. The van der Waals surface area contributed by atoms with E-state index < -0.39 is 22.9 Å². The van der Waals surface area contributed by atoms with Gasteiger partial charge in [-0.3, -0.25) is 0 Å². The standard InChI is InChI=1S/C6H5.C3H3N2.Sc/c1-2-4-6-5-3-1;1-2-5-3-4-1;/h1-5H;1-2H,(H,4,5);. The van der Waals surface area contributed by atoms with E-state index in [1.165, 1.54) is 6.90 Å². The Balaban J connectivity index is 2.15. The third kappa shape index (κ3) is 1.91. The Morgan fingerprint density at radius 3 is 2.67 bits per heavy atom. The molecule has 1 N–H and O–H groups in total. The number of hydrogen-bond donors (Lipinski definition) is 1. The van der Waals surface area contributed by atoms with Crippen molar-refractivity contribution in [3.8, 4) is 0 Å². The third-order valence-corrected chi connectivity index (χ3v) is 3.66. The normalized spacial score (nSPS) is 9.33. The molecule has 0 unspecified atom stereocenters. The van der Waals surface area contributed by atoms with Crippen LogP contribution in [0.4, 0.5) is 0 Å². The van der Waals surface area contributed by atoms with E-state index in [2.05, 4.69) is 34.2 Å². The van der Waals surface area contributed by atoms with E-state index in [1.54, 1.807) is 0 Å². The van der Waals surface area contributed by atoms with Crippen LogP contribution in [0.25, 0.3) is 0 Å². The number of nitrogens with zero attached hydrogens (tertiary/aromatic N) is 1. The van der Waals surface area contributed by atoms with E-state index in [0.717, 1.165) is 0 Å². The molecule has 0 aliphatic carbocycles. The molecule has 0 saturated heterocycles. The summed E-state index contributed by atoms with van der Waals surface area (Å²) >= 11 is -0.514. The number of rotatable bonds is 2. The molecule has 0 spiro atoms. The van der Waals surface area contributed by atoms with Gasteiger partial charge in [0.1, 0.15) is 0 Å². The van der Waals surface area contributed by atoms with Crippen LogP contribution in [-0.4, -0.2) is 9.97 Å². The van der Waals surface area contributed by atoms with Crippen molar-refractivity contribution in [2.24, 2.45) is 0 Å². The van der Waals surface area contributed by atoms with Crippen molar-refractivity contribution < 1.29 is 22.9 Å². The van der Waals surface area contributed by atoms with E-state index in [-0.39, 0.29) is 0 Å². The van der Waals surface area contributed by atoms with Gasteiger partial charge in [0.25, 0.3) is 0 Å². The molecule has 0 aliphatic heterocycles. The van der Waals surface area contributed by atoms with Crippen molar-refractivity contribution in [3.05, 3.63) is 42.7 Å². The summed E-state index contributed by atoms with van der Waals surface area (Å²) in [6.45, 7) is 0. The minimum atomic E-state index is -0.514. The first kappa shape index (κ1) is 7.92. The molecule has 2 nitrogen and oxygen atoms in total. The van der Waals surface area contributed by atoms with Crippen molar-refractivity contribution in [2.45, 2.75) is 0 Å². The molecule has 1 aromatic carbocycles. The van der Waals surface area contributed by atoms with Crippen molar-refractivity contribution in [3.63, 3.8) is 0 Å². The van der Waals surface area contributed by atoms with Crippen LogP contribution in [0.5, 0.6) is 0 Å². The Hall–Kier alpha value is -0.700. The SMILES string of the molecule is c1cc[c]([Sc][c]2ncc[nH]2)cc1. The van der Waals surface area contributed by atoms with Crippen molar-refractivity contribution in [1.82, 2.24) is 9.97 Å². The number of hydrogen-bond acceptors (Lipinski definition) is 1. The summed E-state index contributed by atoms with van der Waals surface area (Å²) in [5.74, 6) is 0. The Morgan fingerprint density at radius 2 is 2.00 bits per heavy atom. The molecule has 0 amide bonds. The Bertz CT molecular complexity index is 329. The van der Waals surface area contributed by atoms with Crippen molar-refractivity contribution >= 4 is 6.90 Å². The van der Waals surface area contributed by atoms with Gasteiger partial charge in [-0.15, -0.1) is 0 Å². The second kappa shape index (κ2) is 3.81. The summed E-state index contributed by atoms with van der Waals surface area (Å²) in [6, 6.07) is 10.5. The molecule has 2 aromatic rings. The molecule has 12 heavy (non-hydrogen) atoms. The molecular weight excluding hydrogens is 181 g/mol. The van der Waals surface area contributed by atoms with Crippen LogP contribution in [0.3, 0.4) is 0 Å². The fourth-order valence-electron chi connectivity index (χ4n) is 1.06. The zero-order chi connectivity index (χ0) is 8.23. The summed E-state index contributed by atoms with van der Waals surface area (Å²) < 4.78 is 2.61. The number of H-pyrrole nitrogens is 1. The number of nitrogens with one attached hydrogen (secondary N) is 1. The molecule has 0 radical (unpaired) electrons. The molecule has 0 bridgehead atoms. The Labute approximate surface area is 82.4 Å². The summed E-state index contributed by atoms with van der Waals surface area (Å²) in [4.78, 5) is 7.37. The van der Waals surface area contributed by atoms with Gasteiger partial charge < -0.3 is 0 Å². The maximum atomic E-state index is 4.23. The topological polar surface area (TPSA) is 28.7 Å². The van der Waals surface area contributed by atoms with Gasteiger partial charge in [0, 0.05) is 0 Å². The molecule has 57 valence electrons. The van der Waals surface area contributed by atoms with Crippen LogP contribution < -0.4 is 6.90 Å². The van der Waals surface area contributed by atoms with Gasteiger partial charge in [-0.05, 0) is 0 Å². The van der Waals surface area contributed by atoms with Crippen LogP contribution in [0.2, 0.25) is 0 Å². The second-order valence-electron chi connectivity index (χ2n) is 2.53. The third-order valence-electron chi connectivity index (χ3n) is 1.62. The molecule has 3 heteroatoms. The average molecular weight is 189 g/mol. The van der Waals surface area contributed by atoms with Gasteiger partial charge in [-0.2, -0.15) is 0 Å². The zero-order valence-corrected chi connectivity index (χ0v) is 8.37. The summed E-state index contributed by atoms with van der Waals surface area (Å²) in [5.41, 5.74) is 0. The van der Waals surface area contributed by atoms with E-state index in [4.69, 9.17) is 0 Å². The van der Waals surface area contributed by atoms with Gasteiger partial charge in [0.2, 0.25) is 0 Å². The first-order valence-electron chi connectivity index (χ1n) is 3.84. The maximum absolute atomic E-state index is 4.23.